The summed E-state index contributed by atoms with van der Waals surface area (Å²) in [6.07, 6.45) is 4.02. The van der Waals surface area contributed by atoms with Crippen LogP contribution in [0.4, 0.5) is 10.2 Å². The second-order valence-corrected chi connectivity index (χ2v) is 5.74. The highest BCUT2D eigenvalue weighted by Gasteiger charge is 2.07. The number of anilines is 1. The van der Waals surface area contributed by atoms with Crippen molar-refractivity contribution >= 4 is 11.7 Å². The zero-order valence-corrected chi connectivity index (χ0v) is 14.2. The Hall–Kier alpha value is -3.28. The lowest BCUT2D eigenvalue weighted by Crippen LogP contribution is -2.23. The van der Waals surface area contributed by atoms with E-state index in [1.165, 1.54) is 12.1 Å². The van der Waals surface area contributed by atoms with Gasteiger partial charge in [-0.2, -0.15) is 0 Å². The highest BCUT2D eigenvalue weighted by Crippen LogP contribution is 2.09. The van der Waals surface area contributed by atoms with E-state index in [9.17, 15) is 9.18 Å². The van der Waals surface area contributed by atoms with Gasteiger partial charge in [-0.15, -0.1) is 0 Å². The first-order valence-electron chi connectivity index (χ1n) is 8.33. The van der Waals surface area contributed by atoms with E-state index in [-0.39, 0.29) is 11.7 Å². The Balaban J connectivity index is 1.52. The van der Waals surface area contributed by atoms with Gasteiger partial charge in [0, 0.05) is 24.5 Å². The van der Waals surface area contributed by atoms with E-state index in [0.717, 1.165) is 17.7 Å². The molecule has 0 aliphatic heterocycles. The van der Waals surface area contributed by atoms with Crippen LogP contribution in [0.5, 0.6) is 0 Å². The van der Waals surface area contributed by atoms with Gasteiger partial charge >= 0.3 is 0 Å². The van der Waals surface area contributed by atoms with E-state index in [2.05, 4.69) is 20.6 Å². The Bertz CT molecular complexity index is 853. The molecule has 2 heterocycles. The molecular formula is C20H19FN4O. The minimum atomic E-state index is -0.243. The number of aromatic nitrogens is 2. The quantitative estimate of drug-likeness (QED) is 0.687. The number of hydrogen-bond acceptors (Lipinski definition) is 4. The normalized spacial score (nSPS) is 10.3. The topological polar surface area (TPSA) is 66.9 Å². The van der Waals surface area contributed by atoms with E-state index in [0.29, 0.717) is 24.5 Å². The molecule has 0 spiro atoms. The number of nitrogens with zero attached hydrogens (tertiary/aromatic N) is 2. The van der Waals surface area contributed by atoms with E-state index in [1.54, 1.807) is 36.7 Å². The van der Waals surface area contributed by atoms with Crippen LogP contribution in [-0.2, 0) is 13.0 Å². The SMILES string of the molecule is O=C(NCc1ccccn1)c1ccnc(NCCc2ccc(F)cc2)c1. The number of benzene rings is 1. The molecule has 0 fully saturated rings. The van der Waals surface area contributed by atoms with Gasteiger partial charge in [0.15, 0.2) is 0 Å². The Kier molecular flexibility index (Phi) is 5.88. The first-order chi connectivity index (χ1) is 12.7. The Morgan fingerprint density at radius 2 is 1.85 bits per heavy atom. The number of carbonyl (C=O) groups is 1. The summed E-state index contributed by atoms with van der Waals surface area (Å²) in [6, 6.07) is 15.3. The largest absolute Gasteiger partial charge is 0.370 e. The van der Waals surface area contributed by atoms with E-state index in [1.807, 2.05) is 18.2 Å². The molecular weight excluding hydrogens is 331 g/mol. The highest BCUT2D eigenvalue weighted by atomic mass is 19.1. The van der Waals surface area contributed by atoms with Gasteiger partial charge in [0.2, 0.25) is 0 Å². The van der Waals surface area contributed by atoms with Crippen LogP contribution in [0.2, 0.25) is 0 Å². The van der Waals surface area contributed by atoms with Gasteiger partial charge in [0.05, 0.1) is 12.2 Å². The first kappa shape index (κ1) is 17.5. The van der Waals surface area contributed by atoms with E-state index >= 15 is 0 Å². The molecule has 6 heteroatoms. The monoisotopic (exact) mass is 350 g/mol. The number of nitrogens with one attached hydrogen (secondary N) is 2. The lowest BCUT2D eigenvalue weighted by atomic mass is 10.1. The molecule has 0 saturated carbocycles. The Morgan fingerprint density at radius 1 is 1.00 bits per heavy atom. The predicted molar refractivity (Wildman–Crippen MR) is 98.2 cm³/mol. The van der Waals surface area contributed by atoms with Gasteiger partial charge in [-0.3, -0.25) is 9.78 Å². The molecule has 0 radical (unpaired) electrons. The average Bonchev–Trinajstić information content (AvgIpc) is 2.69. The van der Waals surface area contributed by atoms with Crippen molar-refractivity contribution in [3.8, 4) is 0 Å². The molecule has 2 N–H and O–H groups in total. The molecule has 2 aromatic heterocycles. The van der Waals surface area contributed by atoms with Crippen LogP contribution in [0.15, 0.2) is 67.0 Å². The maximum Gasteiger partial charge on any atom is 0.251 e. The molecule has 1 aromatic carbocycles. The zero-order chi connectivity index (χ0) is 18.2. The van der Waals surface area contributed by atoms with Crippen LogP contribution in [-0.4, -0.2) is 22.4 Å². The van der Waals surface area contributed by atoms with Crippen LogP contribution >= 0.6 is 0 Å². The number of pyridine rings is 2. The van der Waals surface area contributed by atoms with Gasteiger partial charge in [-0.25, -0.2) is 9.37 Å². The summed E-state index contributed by atoms with van der Waals surface area (Å²) >= 11 is 0. The van der Waals surface area contributed by atoms with Gasteiger partial charge in [0.25, 0.3) is 5.91 Å². The fourth-order valence-electron chi connectivity index (χ4n) is 2.43. The predicted octanol–water partition coefficient (Wildman–Crippen LogP) is 3.20. The summed E-state index contributed by atoms with van der Waals surface area (Å²) in [5.74, 6) is 0.199. The van der Waals surface area contributed by atoms with E-state index < -0.39 is 0 Å². The number of hydrogen-bond donors (Lipinski definition) is 2. The van der Waals surface area contributed by atoms with Crippen molar-refractivity contribution < 1.29 is 9.18 Å². The molecule has 1 amide bonds. The first-order valence-corrected chi connectivity index (χ1v) is 8.33. The van der Waals surface area contributed by atoms with Crippen LogP contribution in [0.1, 0.15) is 21.6 Å². The smallest absolute Gasteiger partial charge is 0.251 e. The molecule has 0 aliphatic rings. The molecule has 0 unspecified atom stereocenters. The minimum Gasteiger partial charge on any atom is -0.370 e. The third-order valence-corrected chi connectivity index (χ3v) is 3.81. The van der Waals surface area contributed by atoms with Crippen molar-refractivity contribution in [3.63, 3.8) is 0 Å². The van der Waals surface area contributed by atoms with Gasteiger partial charge in [-0.1, -0.05) is 18.2 Å². The van der Waals surface area contributed by atoms with Gasteiger partial charge in [-0.05, 0) is 48.4 Å². The number of rotatable bonds is 7. The van der Waals surface area contributed by atoms with Crippen LogP contribution in [0, 0.1) is 5.82 Å². The highest BCUT2D eigenvalue weighted by molar-refractivity contribution is 5.94. The van der Waals surface area contributed by atoms with Crippen LogP contribution < -0.4 is 10.6 Å². The van der Waals surface area contributed by atoms with Crippen molar-refractivity contribution in [1.29, 1.82) is 0 Å². The zero-order valence-electron chi connectivity index (χ0n) is 14.2. The molecule has 3 rings (SSSR count). The summed E-state index contributed by atoms with van der Waals surface area (Å²) in [5, 5.41) is 6.02. The molecule has 0 atom stereocenters. The molecule has 5 nitrogen and oxygen atoms in total. The van der Waals surface area contributed by atoms with E-state index in [4.69, 9.17) is 0 Å². The molecule has 0 bridgehead atoms. The van der Waals surface area contributed by atoms with Gasteiger partial charge < -0.3 is 10.6 Å². The Morgan fingerprint density at radius 3 is 2.62 bits per heavy atom. The lowest BCUT2D eigenvalue weighted by Gasteiger charge is -2.08. The second kappa shape index (κ2) is 8.71. The fourth-order valence-corrected chi connectivity index (χ4v) is 2.43. The maximum atomic E-state index is 12.9. The number of carbonyl (C=O) groups excluding carboxylic acids is 1. The molecule has 0 saturated heterocycles. The summed E-state index contributed by atoms with van der Waals surface area (Å²) in [4.78, 5) is 20.7. The van der Waals surface area contributed by atoms with Crippen molar-refractivity contribution in [2.45, 2.75) is 13.0 Å². The molecule has 3 aromatic rings. The van der Waals surface area contributed by atoms with Crippen LogP contribution in [0.25, 0.3) is 0 Å². The summed E-state index contributed by atoms with van der Waals surface area (Å²) < 4.78 is 12.9. The van der Waals surface area contributed by atoms with Crippen molar-refractivity contribution in [2.24, 2.45) is 0 Å². The Labute approximate surface area is 151 Å². The summed E-state index contributed by atoms with van der Waals surface area (Å²) in [6.45, 7) is 1.01. The van der Waals surface area contributed by atoms with Crippen molar-refractivity contribution in [3.05, 3.63) is 89.6 Å². The minimum absolute atomic E-state index is 0.181. The molecule has 132 valence electrons. The average molecular weight is 350 g/mol. The summed E-state index contributed by atoms with van der Waals surface area (Å²) in [7, 11) is 0. The molecule has 0 aliphatic carbocycles. The van der Waals surface area contributed by atoms with Crippen LogP contribution in [0.3, 0.4) is 0 Å². The summed E-state index contributed by atoms with van der Waals surface area (Å²) in [5.41, 5.74) is 2.36. The van der Waals surface area contributed by atoms with Crippen molar-refractivity contribution in [2.75, 3.05) is 11.9 Å². The van der Waals surface area contributed by atoms with Gasteiger partial charge in [0.1, 0.15) is 11.6 Å². The number of halogens is 1. The third-order valence-electron chi connectivity index (χ3n) is 3.81. The standard InChI is InChI=1S/C20H19FN4O/c21-17-6-4-15(5-7-17)8-11-23-19-13-16(9-12-24-19)20(26)25-14-18-3-1-2-10-22-18/h1-7,9-10,12-13H,8,11,14H2,(H,23,24)(H,25,26). The number of amides is 1. The van der Waals surface area contributed by atoms with Crippen molar-refractivity contribution in [1.82, 2.24) is 15.3 Å². The lowest BCUT2D eigenvalue weighted by molar-refractivity contribution is 0.0950. The fraction of sp³-hybridized carbons (Fsp3) is 0.150. The molecule has 26 heavy (non-hydrogen) atoms. The maximum absolute atomic E-state index is 12.9. The third kappa shape index (κ3) is 5.11. The second-order valence-electron chi connectivity index (χ2n) is 5.74.